The van der Waals surface area contributed by atoms with Gasteiger partial charge in [0.2, 0.25) is 0 Å². The fourth-order valence-corrected chi connectivity index (χ4v) is 6.60. The van der Waals surface area contributed by atoms with Crippen LogP contribution < -0.4 is 21.3 Å². The van der Waals surface area contributed by atoms with Gasteiger partial charge in [0.1, 0.15) is 11.5 Å². The number of aryl methyl sites for hydroxylation is 1. The quantitative estimate of drug-likeness (QED) is 0.0792. The standard InChI is InChI=1S/C44H54N4O2/c1-29(27-43(3,4)5)25-31-9-11-34(12-10-31)46-36-17-19-38(20-18-36)48-39-23-21-37(22-24-39)47-35-15-13-33(14-16-35)45-28-32-26-30(2)41(49)40(42(32)50)44(6,7)8/h9-24,26,29,45-50H,25,27-28H2,1-8H3. The van der Waals surface area contributed by atoms with Gasteiger partial charge in [-0.2, -0.15) is 0 Å². The van der Waals surface area contributed by atoms with Crippen molar-refractivity contribution in [3.05, 3.63) is 125 Å². The first-order chi connectivity index (χ1) is 23.6. The fraction of sp³-hybridized carbons (Fsp3) is 0.318. The number of phenols is 2. The van der Waals surface area contributed by atoms with E-state index >= 15 is 0 Å². The zero-order valence-electron chi connectivity index (χ0n) is 30.9. The van der Waals surface area contributed by atoms with E-state index in [1.165, 1.54) is 12.0 Å². The third-order valence-electron chi connectivity index (χ3n) is 8.79. The van der Waals surface area contributed by atoms with Gasteiger partial charge in [-0.05, 0) is 139 Å². The molecule has 0 aliphatic carbocycles. The minimum atomic E-state index is -0.376. The van der Waals surface area contributed by atoms with Gasteiger partial charge < -0.3 is 31.5 Å². The van der Waals surface area contributed by atoms with E-state index in [0.717, 1.165) is 57.4 Å². The zero-order chi connectivity index (χ0) is 36.1. The second-order valence-corrected chi connectivity index (χ2v) is 15.9. The van der Waals surface area contributed by atoms with Crippen molar-refractivity contribution >= 4 is 39.8 Å². The molecule has 6 N–H and O–H groups in total. The summed E-state index contributed by atoms with van der Waals surface area (Å²) < 4.78 is 0. The molecule has 0 saturated heterocycles. The molecule has 6 nitrogen and oxygen atoms in total. The highest BCUT2D eigenvalue weighted by atomic mass is 16.3. The highest BCUT2D eigenvalue weighted by Gasteiger charge is 2.26. The molecule has 0 aliphatic heterocycles. The van der Waals surface area contributed by atoms with Gasteiger partial charge in [-0.3, -0.25) is 0 Å². The lowest BCUT2D eigenvalue weighted by Gasteiger charge is -2.24. The molecule has 0 bridgehead atoms. The predicted octanol–water partition coefficient (Wildman–Crippen LogP) is 12.2. The Kier molecular flexibility index (Phi) is 11.0. The molecule has 6 heteroatoms. The first-order valence-corrected chi connectivity index (χ1v) is 17.6. The SMILES string of the molecule is Cc1cc(CNc2ccc(Nc3ccc(Nc4ccc(Nc5ccc(CC(C)CC(C)(C)C)cc5)cc4)cc3)cc2)c(O)c(C(C)(C)C)c1O. The molecule has 1 atom stereocenters. The monoisotopic (exact) mass is 670 g/mol. The maximum atomic E-state index is 10.9. The van der Waals surface area contributed by atoms with Crippen LogP contribution in [0.25, 0.3) is 0 Å². The van der Waals surface area contributed by atoms with Crippen LogP contribution in [0.1, 0.15) is 77.1 Å². The number of nitrogens with one attached hydrogen (secondary N) is 4. The number of hydrogen-bond acceptors (Lipinski definition) is 6. The van der Waals surface area contributed by atoms with Crippen LogP contribution in [0.5, 0.6) is 11.5 Å². The van der Waals surface area contributed by atoms with E-state index in [1.54, 1.807) is 0 Å². The van der Waals surface area contributed by atoms with Crippen LogP contribution in [0.3, 0.4) is 0 Å². The smallest absolute Gasteiger partial charge is 0.127 e. The van der Waals surface area contributed by atoms with E-state index in [9.17, 15) is 10.2 Å². The first-order valence-electron chi connectivity index (χ1n) is 17.6. The number of aromatic hydroxyl groups is 2. The number of rotatable bonds is 12. The molecule has 262 valence electrons. The van der Waals surface area contributed by atoms with Crippen LogP contribution in [0.2, 0.25) is 0 Å². The van der Waals surface area contributed by atoms with Crippen molar-refractivity contribution in [2.24, 2.45) is 11.3 Å². The summed E-state index contributed by atoms with van der Waals surface area (Å²) in [6.07, 6.45) is 2.33. The Balaban J connectivity index is 1.10. The lowest BCUT2D eigenvalue weighted by molar-refractivity contribution is 0.306. The highest BCUT2D eigenvalue weighted by Crippen LogP contribution is 2.42. The van der Waals surface area contributed by atoms with Gasteiger partial charge in [0.25, 0.3) is 0 Å². The van der Waals surface area contributed by atoms with Gasteiger partial charge >= 0.3 is 0 Å². The molecule has 5 aromatic carbocycles. The van der Waals surface area contributed by atoms with Crippen LogP contribution in [0.4, 0.5) is 39.8 Å². The lowest BCUT2D eigenvalue weighted by atomic mass is 9.83. The van der Waals surface area contributed by atoms with Crippen molar-refractivity contribution in [3.8, 4) is 11.5 Å². The summed E-state index contributed by atoms with van der Waals surface area (Å²) in [6.45, 7) is 17.6. The van der Waals surface area contributed by atoms with Crippen LogP contribution in [0, 0.1) is 18.3 Å². The van der Waals surface area contributed by atoms with E-state index in [0.29, 0.717) is 23.4 Å². The molecule has 0 radical (unpaired) electrons. The molecule has 0 fully saturated rings. The van der Waals surface area contributed by atoms with Crippen molar-refractivity contribution in [3.63, 3.8) is 0 Å². The zero-order valence-corrected chi connectivity index (χ0v) is 30.9. The molecule has 50 heavy (non-hydrogen) atoms. The summed E-state index contributed by atoms with van der Waals surface area (Å²) >= 11 is 0. The summed E-state index contributed by atoms with van der Waals surface area (Å²) in [4.78, 5) is 0. The van der Waals surface area contributed by atoms with Gasteiger partial charge in [-0.15, -0.1) is 0 Å². The average molecular weight is 671 g/mol. The van der Waals surface area contributed by atoms with Crippen LogP contribution in [0.15, 0.2) is 103 Å². The van der Waals surface area contributed by atoms with E-state index in [1.807, 2.05) is 58.0 Å². The normalized spacial score (nSPS) is 12.3. The largest absolute Gasteiger partial charge is 0.507 e. The third-order valence-corrected chi connectivity index (χ3v) is 8.79. The summed E-state index contributed by atoms with van der Waals surface area (Å²) in [5.41, 5.74) is 10.5. The molecule has 0 spiro atoms. The first kappa shape index (κ1) is 36.2. The molecule has 0 heterocycles. The average Bonchev–Trinajstić information content (AvgIpc) is 3.04. The minimum absolute atomic E-state index is 0.145. The summed E-state index contributed by atoms with van der Waals surface area (Å²) in [7, 11) is 0. The van der Waals surface area contributed by atoms with E-state index < -0.39 is 0 Å². The predicted molar refractivity (Wildman–Crippen MR) is 213 cm³/mol. The number of hydrogen-bond donors (Lipinski definition) is 6. The number of anilines is 7. The summed E-state index contributed by atoms with van der Waals surface area (Å²) in [5, 5.41) is 35.3. The van der Waals surface area contributed by atoms with Gasteiger partial charge in [0.05, 0.1) is 0 Å². The summed E-state index contributed by atoms with van der Waals surface area (Å²) in [5.74, 6) is 0.970. The van der Waals surface area contributed by atoms with Gasteiger partial charge in [-0.1, -0.05) is 60.6 Å². The second-order valence-electron chi connectivity index (χ2n) is 15.9. The van der Waals surface area contributed by atoms with Crippen molar-refractivity contribution < 1.29 is 10.2 Å². The van der Waals surface area contributed by atoms with E-state index in [-0.39, 0.29) is 16.9 Å². The second kappa shape index (κ2) is 15.2. The van der Waals surface area contributed by atoms with Crippen LogP contribution in [-0.4, -0.2) is 10.2 Å². The van der Waals surface area contributed by atoms with Crippen LogP contribution >= 0.6 is 0 Å². The lowest BCUT2D eigenvalue weighted by Crippen LogP contribution is -2.14. The molecule has 1 unspecified atom stereocenters. The molecule has 0 amide bonds. The van der Waals surface area contributed by atoms with Crippen molar-refractivity contribution in [1.29, 1.82) is 0 Å². The summed E-state index contributed by atoms with van der Waals surface area (Å²) in [6, 6.07) is 35.3. The van der Waals surface area contributed by atoms with E-state index in [2.05, 4.69) is 122 Å². The molecule has 5 rings (SSSR count). The highest BCUT2D eigenvalue weighted by molar-refractivity contribution is 5.69. The molecule has 5 aromatic rings. The van der Waals surface area contributed by atoms with Gasteiger partial charge in [-0.25, -0.2) is 0 Å². The molecule has 0 aromatic heterocycles. The number of benzene rings is 5. The number of phenolic OH excluding ortho intramolecular Hbond substituents is 2. The van der Waals surface area contributed by atoms with Crippen molar-refractivity contribution in [2.45, 2.75) is 80.2 Å². The molecule has 0 aliphatic rings. The van der Waals surface area contributed by atoms with E-state index in [4.69, 9.17) is 0 Å². The van der Waals surface area contributed by atoms with Crippen molar-refractivity contribution in [2.75, 3.05) is 21.3 Å². The van der Waals surface area contributed by atoms with Crippen molar-refractivity contribution in [1.82, 2.24) is 0 Å². The molecule has 0 saturated carbocycles. The Labute approximate surface area is 299 Å². The Bertz CT molecular complexity index is 1850. The Morgan fingerprint density at radius 3 is 1.32 bits per heavy atom. The van der Waals surface area contributed by atoms with Crippen LogP contribution in [-0.2, 0) is 18.4 Å². The maximum Gasteiger partial charge on any atom is 0.127 e. The van der Waals surface area contributed by atoms with Gasteiger partial charge in [0, 0.05) is 57.5 Å². The van der Waals surface area contributed by atoms with Gasteiger partial charge in [0.15, 0.2) is 0 Å². The molecular formula is C44H54N4O2. The Morgan fingerprint density at radius 1 is 0.560 bits per heavy atom. The fourth-order valence-electron chi connectivity index (χ4n) is 6.60. The topological polar surface area (TPSA) is 88.6 Å². The minimum Gasteiger partial charge on any atom is -0.507 e. The third kappa shape index (κ3) is 9.97. The molecular weight excluding hydrogens is 617 g/mol. The maximum absolute atomic E-state index is 10.9. The Morgan fingerprint density at radius 2 is 0.940 bits per heavy atom. The Hall–Kier alpha value is -5.10.